The van der Waals surface area contributed by atoms with Crippen LogP contribution in [0.2, 0.25) is 0 Å². The van der Waals surface area contributed by atoms with E-state index in [1.807, 2.05) is 152 Å². The molecular weight excluding hydrogens is 906 g/mol. The van der Waals surface area contributed by atoms with Gasteiger partial charge in [0.1, 0.15) is 0 Å². The van der Waals surface area contributed by atoms with Crippen molar-refractivity contribution < 1.29 is 28.7 Å². The normalized spacial score (nSPS) is 14.1. The Hall–Kier alpha value is -7.01. The Morgan fingerprint density at radius 2 is 1.12 bits per heavy atom. The predicted molar refractivity (Wildman–Crippen MR) is 221 cm³/mol. The standard InChI is InChI=1S/C28H20BF2N4.2C9H7N2.Ir/c30-29(31)35-18-10-8-16-26(35)28(22-13-5-2-6-14-22)25-20-33-24(19-34-25)27(21-11-3-1-4-12-21)23-15-7-9-17-32-23;2*1-2-5-9(6-3-1)11-8-4-7-10-11;/h1-20H;2*1-5,7-8H;/q3*-1;+3/b27-23-,28-26-;;;. The van der Waals surface area contributed by atoms with Gasteiger partial charge in [0.2, 0.25) is 0 Å². The number of hydrogen-bond acceptors (Lipinski definition) is 5. The van der Waals surface area contributed by atoms with Gasteiger partial charge in [-0.2, -0.15) is 64.9 Å². The van der Waals surface area contributed by atoms with Crippen LogP contribution in [0.25, 0.3) is 27.8 Å². The van der Waals surface area contributed by atoms with Crippen LogP contribution in [0, 0.1) is 12.1 Å². The molecular formula is C46H34BF2IrN8. The van der Waals surface area contributed by atoms with Crippen LogP contribution in [0.3, 0.4) is 0 Å². The monoisotopic (exact) mass is 940 g/mol. The molecule has 0 atom stereocenters. The van der Waals surface area contributed by atoms with Gasteiger partial charge >= 0.3 is 27.5 Å². The van der Waals surface area contributed by atoms with E-state index in [9.17, 15) is 8.63 Å². The molecule has 9 rings (SSSR count). The summed E-state index contributed by atoms with van der Waals surface area (Å²) < 4.78 is 31.3. The molecule has 0 aliphatic carbocycles. The molecule has 284 valence electrons. The average Bonchev–Trinajstić information content (AvgIpc) is 4.04. The quantitative estimate of drug-likeness (QED) is 0.118. The zero-order valence-corrected chi connectivity index (χ0v) is 33.3. The Balaban J connectivity index is 0.000000199. The zero-order chi connectivity index (χ0) is 39.1. The fourth-order valence-corrected chi connectivity index (χ4v) is 5.87. The topological polar surface area (TPSA) is 78.8 Å². The minimum absolute atomic E-state index is 0. The molecule has 0 amide bonds. The molecule has 2 aliphatic rings. The Morgan fingerprint density at radius 3 is 1.59 bits per heavy atom. The molecule has 0 fully saturated rings. The largest absolute Gasteiger partial charge is 3.00 e. The van der Waals surface area contributed by atoms with Crippen LogP contribution in [0.4, 0.5) is 8.63 Å². The van der Waals surface area contributed by atoms with Crippen LogP contribution in [0.5, 0.6) is 0 Å². The Kier molecular flexibility index (Phi) is 14.6. The first-order valence-electron chi connectivity index (χ1n) is 18.0. The molecule has 0 spiro atoms. The molecule has 12 heteroatoms. The minimum Gasteiger partial charge on any atom is -0.664 e. The van der Waals surface area contributed by atoms with Crippen molar-refractivity contribution >= 4 is 18.5 Å². The Labute approximate surface area is 350 Å². The third-order valence-corrected chi connectivity index (χ3v) is 8.45. The van der Waals surface area contributed by atoms with Gasteiger partial charge in [0.25, 0.3) is 0 Å². The zero-order valence-electron chi connectivity index (χ0n) is 30.9. The second-order valence-corrected chi connectivity index (χ2v) is 12.2. The van der Waals surface area contributed by atoms with E-state index in [0.29, 0.717) is 22.7 Å². The minimum atomic E-state index is -2.70. The summed E-state index contributed by atoms with van der Waals surface area (Å²) in [6.07, 6.45) is 24.4. The molecule has 0 unspecified atom stereocenters. The van der Waals surface area contributed by atoms with Crippen molar-refractivity contribution in [2.45, 2.75) is 0 Å². The van der Waals surface area contributed by atoms with Crippen LogP contribution in [-0.4, -0.2) is 41.7 Å². The second-order valence-electron chi connectivity index (χ2n) is 12.2. The molecule has 58 heavy (non-hydrogen) atoms. The summed E-state index contributed by atoms with van der Waals surface area (Å²) in [5.41, 5.74) is 7.34. The van der Waals surface area contributed by atoms with Crippen LogP contribution in [0.1, 0.15) is 22.5 Å². The summed E-state index contributed by atoms with van der Waals surface area (Å²) in [6, 6.07) is 44.6. The van der Waals surface area contributed by atoms with Gasteiger partial charge in [0.15, 0.2) is 0 Å². The van der Waals surface area contributed by atoms with Crippen LogP contribution in [-0.2, 0) is 20.1 Å². The molecule has 0 N–H and O–H groups in total. The third-order valence-electron chi connectivity index (χ3n) is 8.45. The van der Waals surface area contributed by atoms with Gasteiger partial charge in [0.05, 0.1) is 23.8 Å². The molecule has 5 heterocycles. The first-order valence-corrected chi connectivity index (χ1v) is 18.0. The van der Waals surface area contributed by atoms with E-state index in [2.05, 4.69) is 27.6 Å². The third kappa shape index (κ3) is 10.4. The van der Waals surface area contributed by atoms with Gasteiger partial charge in [0, 0.05) is 36.1 Å². The van der Waals surface area contributed by atoms with E-state index in [4.69, 9.17) is 9.97 Å². The van der Waals surface area contributed by atoms with Crippen molar-refractivity contribution in [3.8, 4) is 11.4 Å². The smallest absolute Gasteiger partial charge is 0.664 e. The summed E-state index contributed by atoms with van der Waals surface area (Å²) >= 11 is 0. The molecule has 3 aromatic heterocycles. The molecule has 4 aromatic carbocycles. The summed E-state index contributed by atoms with van der Waals surface area (Å²) in [7, 11) is -2.70. The second kappa shape index (κ2) is 20.8. The van der Waals surface area contributed by atoms with Crippen molar-refractivity contribution in [2.24, 2.45) is 0 Å². The van der Waals surface area contributed by atoms with Crippen molar-refractivity contribution in [1.29, 1.82) is 0 Å². The average molecular weight is 940 g/mol. The van der Waals surface area contributed by atoms with Gasteiger partial charge in [-0.05, 0) is 58.6 Å². The molecule has 0 bridgehead atoms. The van der Waals surface area contributed by atoms with E-state index in [1.165, 1.54) is 6.20 Å². The number of allylic oxidation sites excluding steroid dienone is 6. The van der Waals surface area contributed by atoms with Gasteiger partial charge in [-0.25, -0.2) is 0 Å². The number of halogens is 2. The van der Waals surface area contributed by atoms with E-state index >= 15 is 0 Å². The molecule has 2 aliphatic heterocycles. The van der Waals surface area contributed by atoms with E-state index in [-0.39, 0.29) is 20.1 Å². The summed E-state index contributed by atoms with van der Waals surface area (Å²) in [5, 5.41) is 12.7. The molecule has 8 nitrogen and oxygen atoms in total. The van der Waals surface area contributed by atoms with E-state index < -0.39 is 7.40 Å². The SMILES string of the molecule is FB(F)N1C=CC=C/C1=C(\c1ccccc1)c1cnc(/C(=C2/C=CC=C[N-]2)c2ccccc2)cn1.[Ir+3].[c-]1ccccc1-n1cccn1.[c-]1ccccc1-n1cccn1. The van der Waals surface area contributed by atoms with Gasteiger partial charge in [-0.3, -0.25) is 28.0 Å². The number of benzene rings is 4. The number of rotatable bonds is 7. The Bertz CT molecular complexity index is 2420. The van der Waals surface area contributed by atoms with Gasteiger partial charge < -0.3 is 10.1 Å². The maximum atomic E-state index is 13.9. The van der Waals surface area contributed by atoms with Crippen LogP contribution >= 0.6 is 0 Å². The van der Waals surface area contributed by atoms with Crippen molar-refractivity contribution in [2.75, 3.05) is 0 Å². The molecule has 7 aromatic rings. The van der Waals surface area contributed by atoms with Gasteiger partial charge in [-0.15, -0.1) is 17.8 Å². The number of para-hydroxylation sites is 2. The van der Waals surface area contributed by atoms with Crippen molar-refractivity contribution in [3.05, 3.63) is 259 Å². The first kappa shape index (κ1) is 40.7. The molecule has 0 saturated heterocycles. The van der Waals surface area contributed by atoms with Crippen molar-refractivity contribution in [3.63, 3.8) is 0 Å². The summed E-state index contributed by atoms with van der Waals surface area (Å²) in [5.74, 6) is 0. The summed E-state index contributed by atoms with van der Waals surface area (Å²) in [4.78, 5) is 10.4. The first-order chi connectivity index (χ1) is 28.2. The van der Waals surface area contributed by atoms with E-state index in [1.54, 1.807) is 58.6 Å². The Morgan fingerprint density at radius 1 is 0.586 bits per heavy atom. The maximum Gasteiger partial charge on any atom is 3.00 e. The fourth-order valence-electron chi connectivity index (χ4n) is 5.87. The summed E-state index contributed by atoms with van der Waals surface area (Å²) in [6.45, 7) is 0. The van der Waals surface area contributed by atoms with Crippen molar-refractivity contribution in [1.82, 2.24) is 34.3 Å². The van der Waals surface area contributed by atoms with Gasteiger partial charge in [-0.1, -0.05) is 85.0 Å². The molecule has 0 radical (unpaired) electrons. The van der Waals surface area contributed by atoms with E-state index in [0.717, 1.165) is 38.6 Å². The number of nitrogens with zero attached hydrogens (tertiary/aromatic N) is 8. The predicted octanol–water partition coefficient (Wildman–Crippen LogP) is 10.1. The van der Waals surface area contributed by atoms with Crippen LogP contribution in [0.15, 0.2) is 219 Å². The van der Waals surface area contributed by atoms with Crippen LogP contribution < -0.4 is 0 Å². The fraction of sp³-hybridized carbons (Fsp3) is 0. The molecule has 0 saturated carbocycles. The number of aromatic nitrogens is 6. The maximum absolute atomic E-state index is 13.9. The number of hydrogen-bond donors (Lipinski definition) is 0.